The van der Waals surface area contributed by atoms with Gasteiger partial charge in [0.15, 0.2) is 11.5 Å². The maximum absolute atomic E-state index is 6.31. The van der Waals surface area contributed by atoms with Gasteiger partial charge in [0.1, 0.15) is 0 Å². The van der Waals surface area contributed by atoms with Crippen molar-refractivity contribution >= 4 is 87.3 Å². The summed E-state index contributed by atoms with van der Waals surface area (Å²) in [4.78, 5) is 13.8. The second kappa shape index (κ2) is 9.12. The van der Waals surface area contributed by atoms with Crippen molar-refractivity contribution in [3.05, 3.63) is 97.7 Å². The van der Waals surface area contributed by atoms with E-state index in [-0.39, 0.29) is 5.95 Å². The number of para-hydroxylation sites is 1. The molecule has 0 aliphatic carbocycles. The largest absolute Gasteiger partial charge is 0.269 e. The molecule has 5 aromatic rings. The van der Waals surface area contributed by atoms with E-state index in [2.05, 4.69) is 15.1 Å². The van der Waals surface area contributed by atoms with E-state index in [1.807, 2.05) is 42.5 Å². The van der Waals surface area contributed by atoms with Gasteiger partial charge in [-0.25, -0.2) is 9.98 Å². The SMILES string of the molecule is Clc1ccc(C=Nc2nc3c4ccccc4nc(/C=C/c4ccc(Cl)cc4Cl)n3n2)c(Cl)c1. The number of hydrogen-bond donors (Lipinski definition) is 0. The van der Waals surface area contributed by atoms with Crippen molar-refractivity contribution in [3.8, 4) is 0 Å². The van der Waals surface area contributed by atoms with Gasteiger partial charge in [-0.1, -0.05) is 70.7 Å². The number of rotatable bonds is 4. The van der Waals surface area contributed by atoms with Crippen LogP contribution in [-0.4, -0.2) is 25.8 Å². The first-order valence-electron chi connectivity index (χ1n) is 9.76. The smallest absolute Gasteiger partial charge is 0.228 e. The maximum atomic E-state index is 6.31. The van der Waals surface area contributed by atoms with Gasteiger partial charge < -0.3 is 0 Å². The Balaban J connectivity index is 1.60. The Labute approximate surface area is 208 Å². The number of aromatic nitrogens is 4. The molecule has 0 saturated heterocycles. The summed E-state index contributed by atoms with van der Waals surface area (Å²) in [7, 11) is 0. The lowest BCUT2D eigenvalue weighted by atomic mass is 10.2. The second-order valence-electron chi connectivity index (χ2n) is 7.06. The summed E-state index contributed by atoms with van der Waals surface area (Å²) in [5.41, 5.74) is 2.94. The van der Waals surface area contributed by atoms with Gasteiger partial charge in [-0.3, -0.25) is 0 Å². The molecule has 5 nitrogen and oxygen atoms in total. The summed E-state index contributed by atoms with van der Waals surface area (Å²) in [6.07, 6.45) is 5.28. The van der Waals surface area contributed by atoms with Gasteiger partial charge in [0.2, 0.25) is 0 Å². The lowest BCUT2D eigenvalue weighted by Crippen LogP contribution is -1.98. The van der Waals surface area contributed by atoms with E-state index in [1.54, 1.807) is 41.1 Å². The van der Waals surface area contributed by atoms with Crippen molar-refractivity contribution in [2.24, 2.45) is 4.99 Å². The fourth-order valence-electron chi connectivity index (χ4n) is 3.26. The van der Waals surface area contributed by atoms with E-state index in [0.29, 0.717) is 37.1 Å². The molecule has 0 atom stereocenters. The number of fused-ring (bicyclic) bond motifs is 3. The van der Waals surface area contributed by atoms with Crippen LogP contribution in [0.1, 0.15) is 17.0 Å². The van der Waals surface area contributed by atoms with Gasteiger partial charge in [0.05, 0.1) is 10.5 Å². The van der Waals surface area contributed by atoms with Crippen molar-refractivity contribution in [1.29, 1.82) is 0 Å². The zero-order valence-corrected chi connectivity index (χ0v) is 19.8. The Morgan fingerprint density at radius 1 is 0.758 bits per heavy atom. The lowest BCUT2D eigenvalue weighted by Gasteiger charge is -2.03. The maximum Gasteiger partial charge on any atom is 0.269 e. The van der Waals surface area contributed by atoms with E-state index in [1.165, 1.54) is 0 Å². The summed E-state index contributed by atoms with van der Waals surface area (Å²) in [6.45, 7) is 0. The minimum absolute atomic E-state index is 0.276. The fourth-order valence-corrected chi connectivity index (χ4v) is 4.19. The molecule has 0 bridgehead atoms. The first-order valence-corrected chi connectivity index (χ1v) is 11.3. The van der Waals surface area contributed by atoms with Crippen molar-refractivity contribution in [3.63, 3.8) is 0 Å². The zero-order chi connectivity index (χ0) is 22.9. The molecule has 162 valence electrons. The molecule has 0 aliphatic heterocycles. The molecule has 0 spiro atoms. The van der Waals surface area contributed by atoms with Crippen LogP contribution >= 0.6 is 46.4 Å². The van der Waals surface area contributed by atoms with Crippen molar-refractivity contribution in [1.82, 2.24) is 19.6 Å². The van der Waals surface area contributed by atoms with E-state index in [9.17, 15) is 0 Å². The molecule has 0 saturated carbocycles. The molecule has 2 heterocycles. The monoisotopic (exact) mass is 511 g/mol. The van der Waals surface area contributed by atoms with E-state index in [0.717, 1.165) is 16.5 Å². The molecule has 33 heavy (non-hydrogen) atoms. The van der Waals surface area contributed by atoms with Gasteiger partial charge in [-0.15, -0.1) is 5.10 Å². The summed E-state index contributed by atoms with van der Waals surface area (Å²) in [5.74, 6) is 0.853. The van der Waals surface area contributed by atoms with Crippen LogP contribution in [0.4, 0.5) is 5.95 Å². The standard InChI is InChI=1S/C24H13Cl4N5/c25-16-8-5-14(19(27)11-16)7-10-22-30-21-4-2-1-3-18(21)23-31-24(32-33(22)23)29-13-15-6-9-17(26)12-20(15)28/h1-13H/b10-7+,29-13?. The van der Waals surface area contributed by atoms with Crippen LogP contribution in [0.5, 0.6) is 0 Å². The Morgan fingerprint density at radius 3 is 2.18 bits per heavy atom. The third kappa shape index (κ3) is 4.59. The fraction of sp³-hybridized carbons (Fsp3) is 0. The minimum atomic E-state index is 0.276. The molecule has 0 amide bonds. The Kier molecular flexibility index (Phi) is 6.04. The molecule has 0 fully saturated rings. The zero-order valence-electron chi connectivity index (χ0n) is 16.8. The van der Waals surface area contributed by atoms with Crippen molar-refractivity contribution in [2.75, 3.05) is 0 Å². The van der Waals surface area contributed by atoms with E-state index >= 15 is 0 Å². The Morgan fingerprint density at radius 2 is 1.45 bits per heavy atom. The summed E-state index contributed by atoms with van der Waals surface area (Å²) in [6, 6.07) is 18.2. The molecular formula is C24H13Cl4N5. The molecule has 9 heteroatoms. The highest BCUT2D eigenvalue weighted by atomic mass is 35.5. The number of halogens is 4. The first kappa shape index (κ1) is 21.9. The van der Waals surface area contributed by atoms with Crippen LogP contribution in [0.25, 0.3) is 28.7 Å². The van der Waals surface area contributed by atoms with Crippen LogP contribution in [-0.2, 0) is 0 Å². The molecule has 0 N–H and O–H groups in total. The van der Waals surface area contributed by atoms with Crippen LogP contribution in [0.3, 0.4) is 0 Å². The van der Waals surface area contributed by atoms with Crippen LogP contribution in [0.15, 0.2) is 65.7 Å². The minimum Gasteiger partial charge on any atom is -0.228 e. The van der Waals surface area contributed by atoms with Gasteiger partial charge in [-0.05, 0) is 54.1 Å². The molecule has 2 aromatic heterocycles. The first-order chi connectivity index (χ1) is 16.0. The van der Waals surface area contributed by atoms with Gasteiger partial charge in [0, 0.05) is 32.2 Å². The van der Waals surface area contributed by atoms with Gasteiger partial charge in [0.25, 0.3) is 5.95 Å². The second-order valence-corrected chi connectivity index (χ2v) is 8.74. The topological polar surface area (TPSA) is 55.4 Å². The number of hydrogen-bond acceptors (Lipinski definition) is 4. The number of benzene rings is 3. The highest BCUT2D eigenvalue weighted by Crippen LogP contribution is 2.25. The normalized spacial score (nSPS) is 12.0. The van der Waals surface area contributed by atoms with Gasteiger partial charge in [-0.2, -0.15) is 9.50 Å². The Bertz CT molecular complexity index is 1570. The molecule has 0 unspecified atom stereocenters. The molecule has 0 aliphatic rings. The van der Waals surface area contributed by atoms with Gasteiger partial charge >= 0.3 is 0 Å². The molecule has 5 rings (SSSR count). The lowest BCUT2D eigenvalue weighted by molar-refractivity contribution is 0.918. The predicted octanol–water partition coefficient (Wildman–Crippen LogP) is 7.81. The molecule has 3 aromatic carbocycles. The summed E-state index contributed by atoms with van der Waals surface area (Å²) < 4.78 is 1.65. The quantitative estimate of drug-likeness (QED) is 0.231. The van der Waals surface area contributed by atoms with Crippen LogP contribution in [0, 0.1) is 0 Å². The van der Waals surface area contributed by atoms with Crippen LogP contribution < -0.4 is 0 Å². The Hall–Kier alpha value is -2.96. The highest BCUT2D eigenvalue weighted by molar-refractivity contribution is 6.36. The van der Waals surface area contributed by atoms with E-state index < -0.39 is 0 Å². The predicted molar refractivity (Wildman–Crippen MR) is 137 cm³/mol. The molecular weight excluding hydrogens is 500 g/mol. The number of aliphatic imine (C=N–C) groups is 1. The van der Waals surface area contributed by atoms with Crippen molar-refractivity contribution < 1.29 is 0 Å². The highest BCUT2D eigenvalue weighted by Gasteiger charge is 2.12. The van der Waals surface area contributed by atoms with Crippen molar-refractivity contribution in [2.45, 2.75) is 0 Å². The summed E-state index contributed by atoms with van der Waals surface area (Å²) in [5, 5.41) is 7.56. The third-order valence-electron chi connectivity index (χ3n) is 4.85. The summed E-state index contributed by atoms with van der Waals surface area (Å²) >= 11 is 24.5. The third-order valence-corrected chi connectivity index (χ3v) is 5.97. The van der Waals surface area contributed by atoms with Crippen LogP contribution in [0.2, 0.25) is 20.1 Å². The molecule has 0 radical (unpaired) electrons. The average molecular weight is 513 g/mol. The average Bonchev–Trinajstić information content (AvgIpc) is 3.22. The number of nitrogens with zero attached hydrogens (tertiary/aromatic N) is 5. The van der Waals surface area contributed by atoms with E-state index in [4.69, 9.17) is 51.4 Å².